The summed E-state index contributed by atoms with van der Waals surface area (Å²) in [6.45, 7) is 8.95. The molecule has 21 heavy (non-hydrogen) atoms. The minimum absolute atomic E-state index is 0. The number of para-hydroxylation sites is 1. The topological polar surface area (TPSA) is 27.7 Å². The molecule has 1 atom stereocenters. The molecule has 1 unspecified atom stereocenters. The fourth-order valence-corrected chi connectivity index (χ4v) is 3.11. The number of rotatable bonds is 5. The van der Waals surface area contributed by atoms with E-state index in [4.69, 9.17) is 4.74 Å². The summed E-state index contributed by atoms with van der Waals surface area (Å²) in [5.74, 6) is 0.975. The zero-order valence-corrected chi connectivity index (χ0v) is 13.4. The van der Waals surface area contributed by atoms with Crippen molar-refractivity contribution in [3.8, 4) is 5.75 Å². The molecular formula is C16H26ClN3O. The van der Waals surface area contributed by atoms with Crippen LogP contribution in [0.4, 0.5) is 0 Å². The first kappa shape index (κ1) is 16.6. The molecule has 1 aromatic carbocycles. The Morgan fingerprint density at radius 1 is 1.10 bits per heavy atom. The summed E-state index contributed by atoms with van der Waals surface area (Å²) in [6, 6.07) is 10.9. The maximum Gasteiger partial charge on any atom is 0.119 e. The van der Waals surface area contributed by atoms with E-state index in [1.165, 1.54) is 45.7 Å². The Bertz CT molecular complexity index is 390. The number of piperazine rings is 1. The molecule has 2 heterocycles. The van der Waals surface area contributed by atoms with E-state index in [0.29, 0.717) is 0 Å². The van der Waals surface area contributed by atoms with Gasteiger partial charge in [-0.05, 0) is 25.1 Å². The summed E-state index contributed by atoms with van der Waals surface area (Å²) in [6.07, 6.45) is 1.32. The molecule has 0 saturated carbocycles. The molecule has 2 saturated heterocycles. The monoisotopic (exact) mass is 311 g/mol. The van der Waals surface area contributed by atoms with Crippen LogP contribution in [0.15, 0.2) is 30.3 Å². The molecule has 118 valence electrons. The number of nitrogens with one attached hydrogen (secondary N) is 1. The fourth-order valence-electron chi connectivity index (χ4n) is 3.11. The highest BCUT2D eigenvalue weighted by Crippen LogP contribution is 2.12. The van der Waals surface area contributed by atoms with E-state index >= 15 is 0 Å². The van der Waals surface area contributed by atoms with Crippen LogP contribution >= 0.6 is 12.4 Å². The molecule has 5 heteroatoms. The number of hydrogen-bond acceptors (Lipinski definition) is 4. The normalized spacial score (nSPS) is 23.7. The molecule has 2 aliphatic heterocycles. The highest BCUT2D eigenvalue weighted by atomic mass is 35.5. The molecule has 0 amide bonds. The standard InChI is InChI=1S/C16H25N3O.ClH/c1-2-4-16(5-3-1)20-13-12-18-8-10-19(11-9-18)15-6-7-17-14-15;/h1-5,15,17H,6-14H2;1H. The number of halogens is 1. The summed E-state index contributed by atoms with van der Waals surface area (Å²) in [7, 11) is 0. The van der Waals surface area contributed by atoms with Gasteiger partial charge in [-0.1, -0.05) is 18.2 Å². The van der Waals surface area contributed by atoms with Crippen LogP contribution < -0.4 is 10.1 Å². The quantitative estimate of drug-likeness (QED) is 0.891. The van der Waals surface area contributed by atoms with Crippen LogP contribution in [0.5, 0.6) is 5.75 Å². The van der Waals surface area contributed by atoms with E-state index in [-0.39, 0.29) is 12.4 Å². The lowest BCUT2D eigenvalue weighted by molar-refractivity contribution is 0.0921. The Labute approximate surface area is 133 Å². The Morgan fingerprint density at radius 3 is 2.52 bits per heavy atom. The number of benzene rings is 1. The van der Waals surface area contributed by atoms with E-state index in [9.17, 15) is 0 Å². The van der Waals surface area contributed by atoms with Gasteiger partial charge in [0.2, 0.25) is 0 Å². The van der Waals surface area contributed by atoms with Crippen LogP contribution in [-0.4, -0.2) is 68.3 Å². The van der Waals surface area contributed by atoms with Crippen molar-refractivity contribution in [2.75, 3.05) is 52.4 Å². The third-order valence-electron chi connectivity index (χ3n) is 4.38. The van der Waals surface area contributed by atoms with Crippen LogP contribution in [0.25, 0.3) is 0 Å². The molecule has 0 bridgehead atoms. The van der Waals surface area contributed by atoms with Gasteiger partial charge in [-0.25, -0.2) is 0 Å². The summed E-state index contributed by atoms with van der Waals surface area (Å²) in [4.78, 5) is 5.16. The van der Waals surface area contributed by atoms with Crippen molar-refractivity contribution in [1.82, 2.24) is 15.1 Å². The lowest BCUT2D eigenvalue weighted by Gasteiger charge is -2.37. The highest BCUT2D eigenvalue weighted by Gasteiger charge is 2.25. The Kier molecular flexibility index (Phi) is 6.77. The van der Waals surface area contributed by atoms with E-state index in [0.717, 1.165) is 24.9 Å². The van der Waals surface area contributed by atoms with Gasteiger partial charge in [-0.3, -0.25) is 9.80 Å². The molecule has 0 spiro atoms. The number of hydrogen-bond donors (Lipinski definition) is 1. The van der Waals surface area contributed by atoms with Crippen molar-refractivity contribution in [3.05, 3.63) is 30.3 Å². The van der Waals surface area contributed by atoms with Crippen molar-refractivity contribution in [1.29, 1.82) is 0 Å². The lowest BCUT2D eigenvalue weighted by Crippen LogP contribution is -2.51. The van der Waals surface area contributed by atoms with Gasteiger partial charge >= 0.3 is 0 Å². The van der Waals surface area contributed by atoms with Gasteiger partial charge < -0.3 is 10.1 Å². The zero-order valence-electron chi connectivity index (χ0n) is 12.5. The molecule has 2 fully saturated rings. The van der Waals surface area contributed by atoms with Crippen molar-refractivity contribution in [2.24, 2.45) is 0 Å². The van der Waals surface area contributed by atoms with Gasteiger partial charge in [0.25, 0.3) is 0 Å². The lowest BCUT2D eigenvalue weighted by atomic mass is 10.2. The Balaban J connectivity index is 0.00000161. The third-order valence-corrected chi connectivity index (χ3v) is 4.38. The Morgan fingerprint density at radius 2 is 1.86 bits per heavy atom. The van der Waals surface area contributed by atoms with Gasteiger partial charge in [0.15, 0.2) is 0 Å². The first-order valence-corrected chi connectivity index (χ1v) is 7.77. The second-order valence-electron chi connectivity index (χ2n) is 5.69. The van der Waals surface area contributed by atoms with Gasteiger partial charge in [0.1, 0.15) is 12.4 Å². The summed E-state index contributed by atoms with van der Waals surface area (Å²) >= 11 is 0. The van der Waals surface area contributed by atoms with Crippen LogP contribution in [0, 0.1) is 0 Å². The van der Waals surface area contributed by atoms with E-state index < -0.39 is 0 Å². The molecule has 0 radical (unpaired) electrons. The average Bonchev–Trinajstić information content (AvgIpc) is 3.03. The number of nitrogens with zero attached hydrogens (tertiary/aromatic N) is 2. The van der Waals surface area contributed by atoms with Gasteiger partial charge in [-0.2, -0.15) is 0 Å². The van der Waals surface area contributed by atoms with Crippen molar-refractivity contribution in [3.63, 3.8) is 0 Å². The molecule has 0 aromatic heterocycles. The van der Waals surface area contributed by atoms with Crippen molar-refractivity contribution in [2.45, 2.75) is 12.5 Å². The molecular weight excluding hydrogens is 286 g/mol. The van der Waals surface area contributed by atoms with Gasteiger partial charge in [0, 0.05) is 45.3 Å². The predicted molar refractivity (Wildman–Crippen MR) is 88.5 cm³/mol. The molecule has 1 aromatic rings. The van der Waals surface area contributed by atoms with Crippen LogP contribution in [0.3, 0.4) is 0 Å². The summed E-state index contributed by atoms with van der Waals surface area (Å²) in [5.41, 5.74) is 0. The van der Waals surface area contributed by atoms with E-state index in [1.54, 1.807) is 0 Å². The summed E-state index contributed by atoms with van der Waals surface area (Å²) in [5, 5.41) is 3.46. The Hall–Kier alpha value is -0.810. The fraction of sp³-hybridized carbons (Fsp3) is 0.625. The van der Waals surface area contributed by atoms with Crippen LogP contribution in [0.1, 0.15) is 6.42 Å². The second-order valence-corrected chi connectivity index (χ2v) is 5.69. The zero-order chi connectivity index (χ0) is 13.6. The summed E-state index contributed by atoms with van der Waals surface area (Å²) < 4.78 is 5.77. The van der Waals surface area contributed by atoms with Crippen molar-refractivity contribution >= 4 is 12.4 Å². The largest absolute Gasteiger partial charge is 0.492 e. The minimum atomic E-state index is 0. The maximum atomic E-state index is 5.77. The average molecular weight is 312 g/mol. The molecule has 2 aliphatic rings. The van der Waals surface area contributed by atoms with Gasteiger partial charge in [0.05, 0.1) is 0 Å². The molecule has 4 nitrogen and oxygen atoms in total. The predicted octanol–water partition coefficient (Wildman–Crippen LogP) is 1.47. The van der Waals surface area contributed by atoms with Crippen LogP contribution in [-0.2, 0) is 0 Å². The van der Waals surface area contributed by atoms with E-state index in [2.05, 4.69) is 15.1 Å². The maximum absolute atomic E-state index is 5.77. The molecule has 3 rings (SSSR count). The highest BCUT2D eigenvalue weighted by molar-refractivity contribution is 5.85. The first-order chi connectivity index (χ1) is 9.92. The molecule has 1 N–H and O–H groups in total. The van der Waals surface area contributed by atoms with Crippen LogP contribution in [0.2, 0.25) is 0 Å². The first-order valence-electron chi connectivity index (χ1n) is 7.77. The third kappa shape index (κ3) is 4.85. The smallest absolute Gasteiger partial charge is 0.119 e. The SMILES string of the molecule is Cl.c1ccc(OCCN2CCN(C3CCNC3)CC2)cc1. The van der Waals surface area contributed by atoms with Gasteiger partial charge in [-0.15, -0.1) is 12.4 Å². The van der Waals surface area contributed by atoms with E-state index in [1.807, 2.05) is 30.3 Å². The molecule has 0 aliphatic carbocycles. The van der Waals surface area contributed by atoms with Crippen molar-refractivity contribution < 1.29 is 4.74 Å². The number of ether oxygens (including phenoxy) is 1. The second kappa shape index (κ2) is 8.59. The minimum Gasteiger partial charge on any atom is -0.492 e.